The van der Waals surface area contributed by atoms with Crippen molar-refractivity contribution in [1.82, 2.24) is 29.5 Å². The summed E-state index contributed by atoms with van der Waals surface area (Å²) in [6.45, 7) is 1.76. The van der Waals surface area contributed by atoms with E-state index >= 15 is 4.39 Å². The zero-order valence-electron chi connectivity index (χ0n) is 27.3. The van der Waals surface area contributed by atoms with Crippen molar-refractivity contribution < 1.29 is 40.6 Å². The monoisotopic (exact) mass is 728 g/mol. The number of nitrogen functional groups attached to an aromatic ring is 1. The van der Waals surface area contributed by atoms with Gasteiger partial charge in [0, 0.05) is 63.8 Å². The lowest BCUT2D eigenvalue weighted by atomic mass is 9.93. The molecule has 270 valence electrons. The number of ether oxygens (including phenoxy) is 2. The van der Waals surface area contributed by atoms with Crippen molar-refractivity contribution in [3.8, 4) is 6.01 Å². The maximum Gasteiger partial charge on any atom is 0.419 e. The van der Waals surface area contributed by atoms with Crippen molar-refractivity contribution in [3.63, 3.8) is 0 Å². The van der Waals surface area contributed by atoms with Gasteiger partial charge in [-0.1, -0.05) is 11.6 Å². The predicted molar refractivity (Wildman–Crippen MR) is 169 cm³/mol. The second-order valence-corrected chi connectivity index (χ2v) is 13.9. The Kier molecular flexibility index (Phi) is 8.82. The van der Waals surface area contributed by atoms with Gasteiger partial charge in [-0.2, -0.15) is 28.2 Å². The molecule has 0 bridgehead atoms. The smallest absolute Gasteiger partial charge is 0.419 e. The van der Waals surface area contributed by atoms with Crippen molar-refractivity contribution in [2.45, 2.75) is 75.8 Å². The van der Waals surface area contributed by atoms with Crippen LogP contribution in [0.3, 0.4) is 0 Å². The third kappa shape index (κ3) is 6.00. The first-order chi connectivity index (χ1) is 23.7. The average Bonchev–Trinajstić information content (AvgIpc) is 3.62. The van der Waals surface area contributed by atoms with Gasteiger partial charge in [-0.05, 0) is 25.8 Å². The lowest BCUT2D eigenvalue weighted by molar-refractivity contribution is -0.142. The first-order valence-corrected chi connectivity index (χ1v) is 16.6. The summed E-state index contributed by atoms with van der Waals surface area (Å²) in [6.07, 6.45) is -5.82. The van der Waals surface area contributed by atoms with Crippen LogP contribution in [0.1, 0.15) is 70.4 Å². The fourth-order valence-electron chi connectivity index (χ4n) is 7.66. The van der Waals surface area contributed by atoms with E-state index in [1.165, 1.54) is 4.90 Å². The van der Waals surface area contributed by atoms with E-state index in [0.717, 1.165) is 13.0 Å². The number of alkyl halides is 4. The number of fused-ring (bicyclic) bond motifs is 3. The molecule has 2 saturated heterocycles. The highest BCUT2D eigenvalue weighted by atomic mass is 35.5. The van der Waals surface area contributed by atoms with Gasteiger partial charge in [-0.15, -0.1) is 0 Å². The molecule has 3 atom stereocenters. The normalized spacial score (nSPS) is 23.7. The van der Waals surface area contributed by atoms with Crippen LogP contribution in [0, 0.1) is 11.6 Å². The molecule has 0 radical (unpaired) electrons. The van der Waals surface area contributed by atoms with Crippen LogP contribution in [0.2, 0.25) is 5.02 Å². The molecular weight excluding hydrogens is 694 g/mol. The SMILES string of the molecule is CN(C)C(=O)c1nn2c(c1Cl)CN(c1nc(OC[C@@]34CCCN3C[C@H](F)C4)nc3c1CO[C@H](c1c(F)c(N)cc(F)c1C(F)(F)F)C3)CCC2. The van der Waals surface area contributed by atoms with Crippen LogP contribution in [0.5, 0.6) is 6.01 Å². The number of benzene rings is 1. The topological polar surface area (TPSA) is 115 Å². The van der Waals surface area contributed by atoms with Gasteiger partial charge in [0.2, 0.25) is 0 Å². The largest absolute Gasteiger partial charge is 0.461 e. The fraction of sp³-hybridized carbons (Fsp3) is 0.562. The van der Waals surface area contributed by atoms with Crippen LogP contribution in [-0.4, -0.2) is 87.5 Å². The third-order valence-corrected chi connectivity index (χ3v) is 10.4. The number of aromatic nitrogens is 4. The highest BCUT2D eigenvalue weighted by molar-refractivity contribution is 6.34. The van der Waals surface area contributed by atoms with Gasteiger partial charge in [0.15, 0.2) is 11.5 Å². The molecule has 1 amide bonds. The molecule has 1 aromatic carbocycles. The number of carbonyl (C=O) groups excluding carboxylic acids is 1. The van der Waals surface area contributed by atoms with Gasteiger partial charge in [-0.3, -0.25) is 14.4 Å². The minimum absolute atomic E-state index is 0.0768. The van der Waals surface area contributed by atoms with Gasteiger partial charge in [0.05, 0.1) is 46.9 Å². The van der Waals surface area contributed by atoms with Crippen LogP contribution >= 0.6 is 11.6 Å². The maximum atomic E-state index is 15.3. The molecule has 2 fully saturated rings. The van der Waals surface area contributed by atoms with Gasteiger partial charge in [0.1, 0.15) is 30.0 Å². The molecule has 11 nitrogen and oxygen atoms in total. The molecule has 0 spiro atoms. The van der Waals surface area contributed by atoms with E-state index in [4.69, 9.17) is 31.8 Å². The molecule has 3 aromatic rings. The Balaban J connectivity index is 1.28. The van der Waals surface area contributed by atoms with E-state index in [2.05, 4.69) is 15.0 Å². The first kappa shape index (κ1) is 34.6. The van der Waals surface area contributed by atoms with E-state index in [1.807, 2.05) is 4.90 Å². The number of aryl methyl sites for hydroxylation is 1. The molecule has 4 aliphatic rings. The van der Waals surface area contributed by atoms with Crippen LogP contribution in [0.15, 0.2) is 6.07 Å². The Bertz CT molecular complexity index is 1840. The summed E-state index contributed by atoms with van der Waals surface area (Å²) in [5.74, 6) is -3.19. The van der Waals surface area contributed by atoms with E-state index in [0.29, 0.717) is 55.6 Å². The Labute approximate surface area is 288 Å². The predicted octanol–water partition coefficient (Wildman–Crippen LogP) is 5.09. The lowest BCUT2D eigenvalue weighted by Crippen LogP contribution is -2.43. The summed E-state index contributed by atoms with van der Waals surface area (Å²) in [7, 11) is 3.17. The third-order valence-electron chi connectivity index (χ3n) is 10.0. The first-order valence-electron chi connectivity index (χ1n) is 16.3. The number of carbonyl (C=O) groups is 1. The van der Waals surface area contributed by atoms with Crippen molar-refractivity contribution in [3.05, 3.63) is 56.5 Å². The second kappa shape index (κ2) is 12.7. The highest BCUT2D eigenvalue weighted by Crippen LogP contribution is 2.45. The summed E-state index contributed by atoms with van der Waals surface area (Å²) in [6, 6.07) is 0.194. The maximum absolute atomic E-state index is 15.3. The van der Waals surface area contributed by atoms with Crippen LogP contribution < -0.4 is 15.4 Å². The standard InChI is InChI=1S/C32H35ClF6N8O3/c1-44(2)29(48)27-25(33)21-13-45(6-4-8-47(21)43-27)28-17-14-49-22(23-24(32(37,38)39)18(35)9-19(40)26(23)36)10-20(17)41-30(42-28)50-15-31-5-3-7-46(31)12-16(34)11-31/h9,16,22H,3-8,10-15,40H2,1-2H3/t16-,22+,31+/m1/s1. The zero-order valence-corrected chi connectivity index (χ0v) is 28.1. The molecule has 6 heterocycles. The molecule has 18 heteroatoms. The lowest BCUT2D eigenvalue weighted by Gasteiger charge is -2.33. The van der Waals surface area contributed by atoms with E-state index in [1.54, 1.807) is 18.8 Å². The van der Waals surface area contributed by atoms with Crippen molar-refractivity contribution in [2.75, 3.05) is 51.0 Å². The Hall–Kier alpha value is -3.83. The Morgan fingerprint density at radius 2 is 1.98 bits per heavy atom. The number of anilines is 2. The van der Waals surface area contributed by atoms with E-state index < -0.39 is 52.4 Å². The molecule has 0 aliphatic carbocycles. The number of rotatable bonds is 6. The summed E-state index contributed by atoms with van der Waals surface area (Å²) < 4.78 is 101. The van der Waals surface area contributed by atoms with Gasteiger partial charge in [0.25, 0.3) is 5.91 Å². The summed E-state index contributed by atoms with van der Waals surface area (Å²) in [5.41, 5.74) is 2.64. The van der Waals surface area contributed by atoms with Crippen molar-refractivity contribution >= 4 is 29.0 Å². The number of amides is 1. The number of nitrogens with zero attached hydrogens (tertiary/aromatic N) is 7. The van der Waals surface area contributed by atoms with E-state index in [-0.39, 0.29) is 60.9 Å². The molecule has 7 rings (SSSR count). The fourth-order valence-corrected chi connectivity index (χ4v) is 7.93. The molecule has 0 unspecified atom stereocenters. The van der Waals surface area contributed by atoms with E-state index in [9.17, 15) is 26.7 Å². The number of hydrogen-bond donors (Lipinski definition) is 1. The van der Waals surface area contributed by atoms with Crippen LogP contribution in [0.25, 0.3) is 0 Å². The van der Waals surface area contributed by atoms with Crippen molar-refractivity contribution in [2.24, 2.45) is 0 Å². The van der Waals surface area contributed by atoms with Gasteiger partial charge >= 0.3 is 12.2 Å². The summed E-state index contributed by atoms with van der Waals surface area (Å²) in [5, 5.41) is 4.62. The minimum Gasteiger partial charge on any atom is -0.461 e. The molecular formula is C32H35ClF6N8O3. The highest BCUT2D eigenvalue weighted by Gasteiger charge is 2.50. The minimum atomic E-state index is -5.24. The quantitative estimate of drug-likeness (QED) is 0.274. The van der Waals surface area contributed by atoms with Crippen LogP contribution in [0.4, 0.5) is 37.8 Å². The molecule has 4 aliphatic heterocycles. The molecule has 2 N–H and O–H groups in total. The van der Waals surface area contributed by atoms with Gasteiger partial charge < -0.3 is 25.0 Å². The van der Waals surface area contributed by atoms with Crippen LogP contribution in [-0.2, 0) is 37.0 Å². The zero-order chi connectivity index (χ0) is 35.7. The number of hydrogen-bond acceptors (Lipinski definition) is 9. The number of nitrogens with two attached hydrogens (primary N) is 1. The summed E-state index contributed by atoms with van der Waals surface area (Å²) >= 11 is 6.70. The van der Waals surface area contributed by atoms with Crippen molar-refractivity contribution in [1.29, 1.82) is 0 Å². The molecule has 50 heavy (non-hydrogen) atoms. The Morgan fingerprint density at radius 3 is 2.72 bits per heavy atom. The molecule has 2 aromatic heterocycles. The summed E-state index contributed by atoms with van der Waals surface area (Å²) in [4.78, 5) is 27.4. The molecule has 0 saturated carbocycles. The van der Waals surface area contributed by atoms with Gasteiger partial charge in [-0.25, -0.2) is 13.2 Å². The average molecular weight is 729 g/mol. The second-order valence-electron chi connectivity index (χ2n) is 13.5. The Morgan fingerprint density at radius 1 is 1.20 bits per heavy atom. The number of halogens is 7.